The Labute approximate surface area is 113 Å². The molecule has 0 N–H and O–H groups in total. The molecule has 1 fully saturated rings. The Morgan fingerprint density at radius 1 is 1.20 bits per heavy atom. The van der Waals surface area contributed by atoms with Crippen LogP contribution in [0, 0.1) is 0 Å². The second kappa shape index (κ2) is 6.73. The van der Waals surface area contributed by atoms with Crippen molar-refractivity contribution in [2.45, 2.75) is 38.4 Å². The predicted octanol–water partition coefficient (Wildman–Crippen LogP) is 0.0580. The van der Waals surface area contributed by atoms with Gasteiger partial charge in [0.1, 0.15) is 6.04 Å². The van der Waals surface area contributed by atoms with E-state index in [2.05, 4.69) is 14.8 Å². The second-order valence-corrected chi connectivity index (χ2v) is 3.83. The summed E-state index contributed by atoms with van der Waals surface area (Å²) in [5, 5.41) is 3.35. The van der Waals surface area contributed by atoms with Crippen molar-refractivity contribution in [1.82, 2.24) is 0 Å². The standard InChI is InChI=1S/C10H13N3O7/c1-4(14)18-8-6(12-13-11)7(9(16)17-3)20-10(8)19-5(2)15/h6-8,10H,1-3H3. The summed E-state index contributed by atoms with van der Waals surface area (Å²) in [6.45, 7) is 2.23. The number of ether oxygens (including phenoxy) is 4. The minimum Gasteiger partial charge on any atom is -0.467 e. The lowest BCUT2D eigenvalue weighted by Gasteiger charge is -2.19. The minimum absolute atomic E-state index is 0.709. The molecule has 0 bridgehead atoms. The highest BCUT2D eigenvalue weighted by Crippen LogP contribution is 2.28. The van der Waals surface area contributed by atoms with E-state index in [4.69, 9.17) is 19.7 Å². The maximum Gasteiger partial charge on any atom is 0.335 e. The Hall–Kier alpha value is -2.32. The van der Waals surface area contributed by atoms with Crippen LogP contribution in [0.1, 0.15) is 13.8 Å². The van der Waals surface area contributed by atoms with Crippen LogP contribution in [0.5, 0.6) is 0 Å². The van der Waals surface area contributed by atoms with Gasteiger partial charge in [-0.15, -0.1) is 0 Å². The van der Waals surface area contributed by atoms with Crippen LogP contribution in [0.3, 0.4) is 0 Å². The molecular formula is C10H13N3O7. The van der Waals surface area contributed by atoms with Gasteiger partial charge >= 0.3 is 17.9 Å². The molecule has 1 aliphatic heterocycles. The molecule has 20 heavy (non-hydrogen) atoms. The smallest absolute Gasteiger partial charge is 0.335 e. The van der Waals surface area contributed by atoms with E-state index in [-0.39, 0.29) is 0 Å². The largest absolute Gasteiger partial charge is 0.467 e. The number of nitrogens with zero attached hydrogens (tertiary/aromatic N) is 3. The lowest BCUT2D eigenvalue weighted by molar-refractivity contribution is -0.197. The minimum atomic E-state index is -1.35. The zero-order valence-electron chi connectivity index (χ0n) is 11.0. The average molecular weight is 287 g/mol. The van der Waals surface area contributed by atoms with Gasteiger partial charge in [-0.3, -0.25) is 9.59 Å². The summed E-state index contributed by atoms with van der Waals surface area (Å²) in [4.78, 5) is 36.1. The van der Waals surface area contributed by atoms with Crippen LogP contribution in [0.15, 0.2) is 5.11 Å². The molecule has 10 nitrogen and oxygen atoms in total. The summed E-state index contributed by atoms with van der Waals surface area (Å²) in [5.41, 5.74) is 8.52. The van der Waals surface area contributed by atoms with Crippen molar-refractivity contribution < 1.29 is 33.3 Å². The van der Waals surface area contributed by atoms with E-state index < -0.39 is 42.4 Å². The molecule has 110 valence electrons. The van der Waals surface area contributed by atoms with Crippen molar-refractivity contribution in [1.29, 1.82) is 0 Å². The van der Waals surface area contributed by atoms with E-state index in [1.807, 2.05) is 0 Å². The van der Waals surface area contributed by atoms with Gasteiger partial charge in [-0.05, 0) is 5.53 Å². The fraction of sp³-hybridized carbons (Fsp3) is 0.700. The summed E-state index contributed by atoms with van der Waals surface area (Å²) in [5.74, 6) is -2.26. The summed E-state index contributed by atoms with van der Waals surface area (Å²) in [6.07, 6.45) is -3.91. The Bertz CT molecular complexity index is 460. The van der Waals surface area contributed by atoms with E-state index in [9.17, 15) is 14.4 Å². The van der Waals surface area contributed by atoms with Crippen molar-refractivity contribution in [2.75, 3.05) is 7.11 Å². The predicted molar refractivity (Wildman–Crippen MR) is 60.9 cm³/mol. The fourth-order valence-corrected chi connectivity index (χ4v) is 1.71. The molecule has 4 unspecified atom stereocenters. The maximum atomic E-state index is 11.6. The lowest BCUT2D eigenvalue weighted by atomic mass is 10.1. The van der Waals surface area contributed by atoms with Gasteiger partial charge in [0.25, 0.3) is 0 Å². The quantitative estimate of drug-likeness (QED) is 0.234. The first kappa shape index (κ1) is 15.7. The molecule has 4 atom stereocenters. The number of methoxy groups -OCH3 is 1. The van der Waals surface area contributed by atoms with Gasteiger partial charge in [-0.1, -0.05) is 5.11 Å². The average Bonchev–Trinajstić information content (AvgIpc) is 2.67. The summed E-state index contributed by atoms with van der Waals surface area (Å²) in [7, 11) is 1.11. The number of hydrogen-bond acceptors (Lipinski definition) is 8. The van der Waals surface area contributed by atoms with Crippen LogP contribution in [-0.4, -0.2) is 49.6 Å². The van der Waals surface area contributed by atoms with E-state index in [0.717, 1.165) is 21.0 Å². The van der Waals surface area contributed by atoms with Gasteiger partial charge in [-0.2, -0.15) is 0 Å². The molecule has 0 radical (unpaired) electrons. The van der Waals surface area contributed by atoms with E-state index >= 15 is 0 Å². The molecule has 1 saturated heterocycles. The molecule has 0 saturated carbocycles. The van der Waals surface area contributed by atoms with Crippen molar-refractivity contribution in [3.8, 4) is 0 Å². The van der Waals surface area contributed by atoms with Crippen LogP contribution >= 0.6 is 0 Å². The van der Waals surface area contributed by atoms with Crippen LogP contribution in [0.25, 0.3) is 10.4 Å². The first-order valence-electron chi connectivity index (χ1n) is 5.52. The summed E-state index contributed by atoms with van der Waals surface area (Å²) < 4.78 is 19.3. The monoisotopic (exact) mass is 287 g/mol. The van der Waals surface area contributed by atoms with E-state index in [1.165, 1.54) is 0 Å². The summed E-state index contributed by atoms with van der Waals surface area (Å²) in [6, 6.07) is -1.19. The van der Waals surface area contributed by atoms with Crippen molar-refractivity contribution in [3.05, 3.63) is 10.4 Å². The number of rotatable bonds is 4. The van der Waals surface area contributed by atoms with Gasteiger partial charge < -0.3 is 18.9 Å². The van der Waals surface area contributed by atoms with Crippen molar-refractivity contribution in [2.24, 2.45) is 5.11 Å². The first-order valence-corrected chi connectivity index (χ1v) is 5.52. The van der Waals surface area contributed by atoms with Crippen LogP contribution in [0.2, 0.25) is 0 Å². The normalized spacial score (nSPS) is 28.1. The van der Waals surface area contributed by atoms with Crippen molar-refractivity contribution >= 4 is 17.9 Å². The maximum absolute atomic E-state index is 11.6. The van der Waals surface area contributed by atoms with Crippen LogP contribution in [-0.2, 0) is 33.3 Å². The first-order chi connectivity index (χ1) is 9.40. The van der Waals surface area contributed by atoms with Gasteiger partial charge in [0.15, 0.2) is 12.2 Å². The number of carbonyl (C=O) groups excluding carboxylic acids is 3. The molecular weight excluding hydrogens is 274 g/mol. The Kier molecular flexibility index (Phi) is 5.30. The highest BCUT2D eigenvalue weighted by molar-refractivity contribution is 5.76. The Morgan fingerprint density at radius 2 is 1.80 bits per heavy atom. The second-order valence-electron chi connectivity index (χ2n) is 3.83. The van der Waals surface area contributed by atoms with E-state index in [0.29, 0.717) is 0 Å². The molecule has 0 spiro atoms. The van der Waals surface area contributed by atoms with Crippen LogP contribution < -0.4 is 0 Å². The third kappa shape index (κ3) is 3.59. The fourth-order valence-electron chi connectivity index (χ4n) is 1.71. The zero-order chi connectivity index (χ0) is 15.3. The molecule has 1 aliphatic rings. The third-order valence-corrected chi connectivity index (χ3v) is 2.40. The molecule has 0 aromatic rings. The molecule has 0 aromatic heterocycles. The van der Waals surface area contributed by atoms with Gasteiger partial charge in [0.2, 0.25) is 6.29 Å². The van der Waals surface area contributed by atoms with Gasteiger partial charge in [0, 0.05) is 18.8 Å². The Balaban J connectivity index is 3.06. The van der Waals surface area contributed by atoms with Gasteiger partial charge in [0.05, 0.1) is 7.11 Å². The Morgan fingerprint density at radius 3 is 2.25 bits per heavy atom. The van der Waals surface area contributed by atoms with Crippen LogP contribution in [0.4, 0.5) is 0 Å². The highest BCUT2D eigenvalue weighted by Gasteiger charge is 2.52. The topological polar surface area (TPSA) is 137 Å². The highest BCUT2D eigenvalue weighted by atomic mass is 16.7. The molecule has 0 aromatic carbocycles. The van der Waals surface area contributed by atoms with E-state index in [1.54, 1.807) is 0 Å². The zero-order valence-corrected chi connectivity index (χ0v) is 11.0. The number of esters is 3. The number of hydrogen-bond donors (Lipinski definition) is 0. The molecule has 0 aliphatic carbocycles. The number of carbonyl (C=O) groups is 3. The van der Waals surface area contributed by atoms with Crippen molar-refractivity contribution in [3.63, 3.8) is 0 Å². The number of azide groups is 1. The lowest BCUT2D eigenvalue weighted by Crippen LogP contribution is -2.39. The third-order valence-electron chi connectivity index (χ3n) is 2.40. The van der Waals surface area contributed by atoms with Gasteiger partial charge in [-0.25, -0.2) is 4.79 Å². The molecule has 0 amide bonds. The molecule has 1 rings (SSSR count). The SMILES string of the molecule is COC(=O)C1OC(OC(C)=O)C(OC(C)=O)C1N=[N+]=[N-]. The summed E-state index contributed by atoms with van der Waals surface area (Å²) >= 11 is 0. The molecule has 10 heteroatoms. The molecule has 1 heterocycles.